The Bertz CT molecular complexity index is 3440. The fraction of sp³-hybridized carbons (Fsp3) is 0. The third-order valence-electron chi connectivity index (χ3n) is 13.9. The zero-order valence-electron chi connectivity index (χ0n) is 41.4. The lowest BCUT2D eigenvalue weighted by molar-refractivity contribution is 1.28. The molecule has 0 aliphatic rings. The summed E-state index contributed by atoms with van der Waals surface area (Å²) in [7, 11) is 0. The summed E-state index contributed by atoms with van der Waals surface area (Å²) in [5.74, 6) is 0. The van der Waals surface area contributed by atoms with Crippen LogP contribution in [0.15, 0.2) is 322 Å². The summed E-state index contributed by atoms with van der Waals surface area (Å²) >= 11 is 0. The maximum Gasteiger partial charge on any atom is 0.0540 e. The number of hydrogen-bond acceptors (Lipinski definition) is 3. The molecule has 0 radical (unpaired) electrons. The first kappa shape index (κ1) is 46.1. The second-order valence-corrected chi connectivity index (χ2v) is 18.6. The SMILES string of the molecule is c1ccc(-c2ccccc2N(c2ccc(-c3ccc(-c4ccc(N(c5ccccc5)c5ccccc5)cc4)cc3)cc2)c2ccc(-c3ccc(-c4ccc(N(c5ccccc5)c5ccccc5)cc4)cc3)cc2)cc1. The Morgan fingerprint density at radius 2 is 0.333 bits per heavy atom. The third-order valence-corrected chi connectivity index (χ3v) is 13.9. The highest BCUT2D eigenvalue weighted by molar-refractivity contribution is 5.89. The van der Waals surface area contributed by atoms with Crippen molar-refractivity contribution < 1.29 is 0 Å². The van der Waals surface area contributed by atoms with E-state index in [1.165, 1.54) is 44.5 Å². The molecular formula is C72H53N3. The molecule has 0 spiro atoms. The van der Waals surface area contributed by atoms with Crippen LogP contribution in [0.2, 0.25) is 0 Å². The molecule has 12 aromatic carbocycles. The standard InChI is InChI=1S/C72H53N3/c1-6-18-62(19-7-1)71-28-16-17-29-72(71)75(69-50-42-60(43-51-69)56-34-30-54(31-35-56)58-38-46-67(47-39-58)73(63-20-8-2-9-21-63)64-22-10-3-11-23-64)70-52-44-61(45-53-70)57-36-32-55(33-37-57)59-40-48-68(49-41-59)74(65-24-12-4-13-25-65)66-26-14-5-15-27-66/h1-53H. The van der Waals surface area contributed by atoms with Gasteiger partial charge in [-0.3, -0.25) is 0 Å². The van der Waals surface area contributed by atoms with E-state index in [9.17, 15) is 0 Å². The molecule has 0 atom stereocenters. The van der Waals surface area contributed by atoms with Gasteiger partial charge in [-0.25, -0.2) is 0 Å². The monoisotopic (exact) mass is 959 g/mol. The minimum Gasteiger partial charge on any atom is -0.311 e. The van der Waals surface area contributed by atoms with Crippen molar-refractivity contribution in [3.63, 3.8) is 0 Å². The molecule has 0 fully saturated rings. The van der Waals surface area contributed by atoms with Gasteiger partial charge in [-0.1, -0.05) is 218 Å². The van der Waals surface area contributed by atoms with Crippen LogP contribution >= 0.6 is 0 Å². The lowest BCUT2D eigenvalue weighted by Crippen LogP contribution is -2.11. The average molecular weight is 960 g/mol. The largest absolute Gasteiger partial charge is 0.311 e. The molecule has 12 aromatic rings. The fourth-order valence-corrected chi connectivity index (χ4v) is 10.1. The number of rotatable bonds is 14. The molecular weight excluding hydrogens is 907 g/mol. The lowest BCUT2D eigenvalue weighted by atomic mass is 9.98. The number of anilines is 9. The molecule has 3 heteroatoms. The van der Waals surface area contributed by atoms with Gasteiger partial charge in [0.1, 0.15) is 0 Å². The van der Waals surface area contributed by atoms with Gasteiger partial charge >= 0.3 is 0 Å². The van der Waals surface area contributed by atoms with E-state index in [1.807, 2.05) is 0 Å². The van der Waals surface area contributed by atoms with Crippen LogP contribution in [0.25, 0.3) is 55.6 Å². The van der Waals surface area contributed by atoms with Gasteiger partial charge in [-0.15, -0.1) is 0 Å². The third kappa shape index (κ3) is 9.99. The number of para-hydroxylation sites is 5. The van der Waals surface area contributed by atoms with Crippen molar-refractivity contribution in [3.05, 3.63) is 322 Å². The normalized spacial score (nSPS) is 10.9. The first-order chi connectivity index (χ1) is 37.2. The van der Waals surface area contributed by atoms with Gasteiger partial charge < -0.3 is 14.7 Å². The number of nitrogens with zero attached hydrogens (tertiary/aromatic N) is 3. The van der Waals surface area contributed by atoms with E-state index < -0.39 is 0 Å². The van der Waals surface area contributed by atoms with E-state index in [4.69, 9.17) is 0 Å². The fourth-order valence-electron chi connectivity index (χ4n) is 10.1. The maximum atomic E-state index is 2.38. The Morgan fingerprint density at radius 3 is 0.613 bits per heavy atom. The summed E-state index contributed by atoms with van der Waals surface area (Å²) < 4.78 is 0. The van der Waals surface area contributed by atoms with Gasteiger partial charge in [0, 0.05) is 51.1 Å². The minimum absolute atomic E-state index is 1.08. The molecule has 0 N–H and O–H groups in total. The summed E-state index contributed by atoms with van der Waals surface area (Å²) in [5, 5.41) is 0. The second-order valence-electron chi connectivity index (χ2n) is 18.6. The van der Waals surface area contributed by atoms with E-state index in [1.54, 1.807) is 0 Å². The second kappa shape index (κ2) is 21.4. The zero-order chi connectivity index (χ0) is 50.2. The van der Waals surface area contributed by atoms with Crippen LogP contribution in [0.4, 0.5) is 51.2 Å². The van der Waals surface area contributed by atoms with E-state index in [-0.39, 0.29) is 0 Å². The van der Waals surface area contributed by atoms with Gasteiger partial charge in [0.25, 0.3) is 0 Å². The molecule has 3 nitrogen and oxygen atoms in total. The highest BCUT2D eigenvalue weighted by Gasteiger charge is 2.19. The highest BCUT2D eigenvalue weighted by atomic mass is 15.2. The minimum atomic E-state index is 1.08. The molecule has 0 heterocycles. The van der Waals surface area contributed by atoms with Crippen molar-refractivity contribution in [3.8, 4) is 55.6 Å². The van der Waals surface area contributed by atoms with Crippen LogP contribution in [0, 0.1) is 0 Å². The highest BCUT2D eigenvalue weighted by Crippen LogP contribution is 2.43. The van der Waals surface area contributed by atoms with Gasteiger partial charge in [0.05, 0.1) is 5.69 Å². The Labute approximate surface area is 440 Å². The topological polar surface area (TPSA) is 9.72 Å². The molecule has 356 valence electrons. The van der Waals surface area contributed by atoms with E-state index in [2.05, 4.69) is 336 Å². The van der Waals surface area contributed by atoms with Crippen LogP contribution in [-0.4, -0.2) is 0 Å². The number of benzene rings is 12. The predicted octanol–water partition coefficient (Wildman–Crippen LogP) is 20.4. The van der Waals surface area contributed by atoms with E-state index in [0.717, 1.165) is 62.3 Å². The van der Waals surface area contributed by atoms with Crippen molar-refractivity contribution in [2.45, 2.75) is 0 Å². The van der Waals surface area contributed by atoms with Crippen LogP contribution in [-0.2, 0) is 0 Å². The zero-order valence-corrected chi connectivity index (χ0v) is 41.4. The summed E-state index contributed by atoms with van der Waals surface area (Å²) in [6.07, 6.45) is 0. The molecule has 0 saturated heterocycles. The van der Waals surface area contributed by atoms with Gasteiger partial charge in [-0.2, -0.15) is 0 Å². The molecule has 0 aliphatic heterocycles. The van der Waals surface area contributed by atoms with Crippen LogP contribution in [0.1, 0.15) is 0 Å². The lowest BCUT2D eigenvalue weighted by Gasteiger charge is -2.28. The van der Waals surface area contributed by atoms with Crippen LogP contribution < -0.4 is 14.7 Å². The van der Waals surface area contributed by atoms with Crippen LogP contribution in [0.3, 0.4) is 0 Å². The van der Waals surface area contributed by atoms with E-state index >= 15 is 0 Å². The van der Waals surface area contributed by atoms with Crippen molar-refractivity contribution in [1.29, 1.82) is 0 Å². The van der Waals surface area contributed by atoms with Gasteiger partial charge in [0.15, 0.2) is 0 Å². The van der Waals surface area contributed by atoms with Gasteiger partial charge in [-0.05, 0) is 153 Å². The predicted molar refractivity (Wildman–Crippen MR) is 318 cm³/mol. The van der Waals surface area contributed by atoms with Crippen molar-refractivity contribution in [2.24, 2.45) is 0 Å². The molecule has 12 rings (SSSR count). The molecule has 0 unspecified atom stereocenters. The molecule has 0 aromatic heterocycles. The van der Waals surface area contributed by atoms with Gasteiger partial charge in [0.2, 0.25) is 0 Å². The summed E-state index contributed by atoms with van der Waals surface area (Å²) in [6, 6.07) is 115. The average Bonchev–Trinajstić information content (AvgIpc) is 3.50. The smallest absolute Gasteiger partial charge is 0.0540 e. The van der Waals surface area contributed by atoms with Crippen LogP contribution in [0.5, 0.6) is 0 Å². The first-order valence-electron chi connectivity index (χ1n) is 25.6. The molecule has 0 saturated carbocycles. The summed E-state index contributed by atoms with van der Waals surface area (Å²) in [6.45, 7) is 0. The Hall–Kier alpha value is -9.96. The molecule has 75 heavy (non-hydrogen) atoms. The molecule has 0 amide bonds. The summed E-state index contributed by atoms with van der Waals surface area (Å²) in [4.78, 5) is 6.96. The Balaban J connectivity index is 0.795. The Morgan fingerprint density at radius 1 is 0.133 bits per heavy atom. The quantitative estimate of drug-likeness (QED) is 0.108. The summed E-state index contributed by atoms with van der Waals surface area (Å²) in [5.41, 5.74) is 21.7. The first-order valence-corrected chi connectivity index (χ1v) is 25.6. The van der Waals surface area contributed by atoms with E-state index in [0.29, 0.717) is 0 Å². The molecule has 0 bridgehead atoms. The van der Waals surface area contributed by atoms with Crippen molar-refractivity contribution in [1.82, 2.24) is 0 Å². The van der Waals surface area contributed by atoms with Crippen molar-refractivity contribution in [2.75, 3.05) is 14.7 Å². The molecule has 0 aliphatic carbocycles. The van der Waals surface area contributed by atoms with Crippen molar-refractivity contribution >= 4 is 51.2 Å². The maximum absolute atomic E-state index is 2.38. The number of hydrogen-bond donors (Lipinski definition) is 0. The Kier molecular flexibility index (Phi) is 13.2.